The first-order valence-corrected chi connectivity index (χ1v) is 6.82. The van der Waals surface area contributed by atoms with Crippen LogP contribution in [0.15, 0.2) is 12.1 Å². The van der Waals surface area contributed by atoms with Crippen LogP contribution in [-0.4, -0.2) is 25.6 Å². The second-order valence-electron chi connectivity index (χ2n) is 4.06. The largest absolute Gasteiger partial charge is 0.479 e. The summed E-state index contributed by atoms with van der Waals surface area (Å²) in [7, 11) is 1.81. The Labute approximate surface area is 123 Å². The molecule has 0 heterocycles. The summed E-state index contributed by atoms with van der Waals surface area (Å²) in [6.45, 7) is 4.65. The van der Waals surface area contributed by atoms with E-state index in [1.165, 1.54) is 0 Å². The smallest absolute Gasteiger partial charge is 0.260 e. The number of benzene rings is 1. The Morgan fingerprint density at radius 2 is 2.11 bits per heavy atom. The third kappa shape index (κ3) is 4.56. The highest BCUT2D eigenvalue weighted by Gasteiger charge is 2.18. The van der Waals surface area contributed by atoms with Crippen LogP contribution in [-0.2, 0) is 11.3 Å². The minimum atomic E-state index is -0.616. The molecule has 0 saturated heterocycles. The maximum atomic E-state index is 11.7. The molecule has 0 fully saturated rings. The summed E-state index contributed by atoms with van der Waals surface area (Å²) in [5.41, 5.74) is 0.816. The van der Waals surface area contributed by atoms with E-state index in [1.807, 2.05) is 14.0 Å². The van der Waals surface area contributed by atoms with Crippen LogP contribution in [0.3, 0.4) is 0 Å². The number of carbonyl (C=O) groups is 1. The van der Waals surface area contributed by atoms with Crippen molar-refractivity contribution in [3.05, 3.63) is 27.7 Å². The average molecular weight is 305 g/mol. The molecule has 0 aliphatic rings. The summed E-state index contributed by atoms with van der Waals surface area (Å²) in [6.07, 6.45) is -0.616. The van der Waals surface area contributed by atoms with Crippen LogP contribution >= 0.6 is 23.2 Å². The molecule has 1 rings (SSSR count). The van der Waals surface area contributed by atoms with Gasteiger partial charge in [0.15, 0.2) is 6.10 Å². The Kier molecular flexibility index (Phi) is 6.42. The quantitative estimate of drug-likeness (QED) is 0.849. The van der Waals surface area contributed by atoms with Crippen LogP contribution in [0.25, 0.3) is 0 Å². The lowest BCUT2D eigenvalue weighted by Crippen LogP contribution is -2.36. The maximum Gasteiger partial charge on any atom is 0.260 e. The van der Waals surface area contributed by atoms with Gasteiger partial charge in [-0.1, -0.05) is 23.2 Å². The molecule has 0 aliphatic heterocycles. The standard InChI is InChI=1S/C13H18Cl2N2O2/c1-4-17-13(18)8(2)19-12-9(7-16-3)5-10(14)6-11(12)15/h5-6,8,16H,4,7H2,1-3H3,(H,17,18). The molecule has 1 aromatic carbocycles. The number of carbonyl (C=O) groups excluding carboxylic acids is 1. The van der Waals surface area contributed by atoms with Gasteiger partial charge in [-0.25, -0.2) is 0 Å². The van der Waals surface area contributed by atoms with Gasteiger partial charge in [0.1, 0.15) is 5.75 Å². The van der Waals surface area contributed by atoms with Gasteiger partial charge in [-0.15, -0.1) is 0 Å². The third-order valence-electron chi connectivity index (χ3n) is 2.47. The lowest BCUT2D eigenvalue weighted by atomic mass is 10.2. The van der Waals surface area contributed by atoms with E-state index in [4.69, 9.17) is 27.9 Å². The molecule has 0 aromatic heterocycles. The SMILES string of the molecule is CCNC(=O)C(C)Oc1c(Cl)cc(Cl)cc1CNC. The Morgan fingerprint density at radius 1 is 1.42 bits per heavy atom. The molecule has 0 aliphatic carbocycles. The fourth-order valence-corrected chi connectivity index (χ4v) is 2.20. The number of hydrogen-bond donors (Lipinski definition) is 2. The molecule has 0 saturated carbocycles. The first-order valence-electron chi connectivity index (χ1n) is 6.06. The topological polar surface area (TPSA) is 50.4 Å². The molecule has 1 aromatic rings. The predicted molar refractivity (Wildman–Crippen MR) is 78.0 cm³/mol. The van der Waals surface area contributed by atoms with Gasteiger partial charge in [-0.2, -0.15) is 0 Å². The zero-order valence-corrected chi connectivity index (χ0v) is 12.7. The maximum absolute atomic E-state index is 11.7. The van der Waals surface area contributed by atoms with Gasteiger partial charge in [0.05, 0.1) is 5.02 Å². The molecule has 0 bridgehead atoms. The van der Waals surface area contributed by atoms with E-state index in [0.717, 1.165) is 5.56 Å². The second-order valence-corrected chi connectivity index (χ2v) is 4.90. The Morgan fingerprint density at radius 3 is 2.68 bits per heavy atom. The van der Waals surface area contributed by atoms with E-state index < -0.39 is 6.10 Å². The fourth-order valence-electron chi connectivity index (χ4n) is 1.62. The average Bonchev–Trinajstić information content (AvgIpc) is 2.33. The summed E-state index contributed by atoms with van der Waals surface area (Å²) in [4.78, 5) is 11.7. The third-order valence-corrected chi connectivity index (χ3v) is 2.97. The number of rotatable bonds is 6. The number of amides is 1. The first kappa shape index (κ1) is 16.1. The highest BCUT2D eigenvalue weighted by atomic mass is 35.5. The van der Waals surface area contributed by atoms with Gasteiger partial charge in [-0.05, 0) is 33.0 Å². The predicted octanol–water partition coefficient (Wildman–Crippen LogP) is 2.62. The van der Waals surface area contributed by atoms with Gasteiger partial charge < -0.3 is 15.4 Å². The zero-order valence-electron chi connectivity index (χ0n) is 11.2. The van der Waals surface area contributed by atoms with Crippen molar-refractivity contribution in [2.24, 2.45) is 0 Å². The van der Waals surface area contributed by atoms with Crippen LogP contribution in [0.1, 0.15) is 19.4 Å². The summed E-state index contributed by atoms with van der Waals surface area (Å²) in [5, 5.41) is 6.64. The van der Waals surface area contributed by atoms with Gasteiger partial charge in [0.25, 0.3) is 5.91 Å². The van der Waals surface area contributed by atoms with Crippen molar-refractivity contribution in [2.75, 3.05) is 13.6 Å². The van der Waals surface area contributed by atoms with Gasteiger partial charge in [0, 0.05) is 23.7 Å². The highest BCUT2D eigenvalue weighted by Crippen LogP contribution is 2.33. The molecule has 2 N–H and O–H groups in total. The van der Waals surface area contributed by atoms with E-state index >= 15 is 0 Å². The monoisotopic (exact) mass is 304 g/mol. The fraction of sp³-hybridized carbons (Fsp3) is 0.462. The Hall–Kier alpha value is -0.970. The van der Waals surface area contributed by atoms with E-state index in [0.29, 0.717) is 28.9 Å². The highest BCUT2D eigenvalue weighted by molar-refractivity contribution is 6.35. The van der Waals surface area contributed by atoms with Crippen LogP contribution in [0.5, 0.6) is 5.75 Å². The van der Waals surface area contributed by atoms with Gasteiger partial charge >= 0.3 is 0 Å². The second kappa shape index (κ2) is 7.58. The van der Waals surface area contributed by atoms with Crippen LogP contribution in [0.2, 0.25) is 10.0 Å². The van der Waals surface area contributed by atoms with Gasteiger partial charge in [-0.3, -0.25) is 4.79 Å². The van der Waals surface area contributed by atoms with Crippen molar-refractivity contribution in [2.45, 2.75) is 26.5 Å². The number of hydrogen-bond acceptors (Lipinski definition) is 3. The van der Waals surface area contributed by atoms with Crippen molar-refractivity contribution >= 4 is 29.1 Å². The van der Waals surface area contributed by atoms with Crippen LogP contribution in [0.4, 0.5) is 0 Å². The number of ether oxygens (including phenoxy) is 1. The van der Waals surface area contributed by atoms with E-state index in [1.54, 1.807) is 19.1 Å². The van der Waals surface area contributed by atoms with Crippen molar-refractivity contribution in [1.29, 1.82) is 0 Å². The molecule has 1 unspecified atom stereocenters. The minimum Gasteiger partial charge on any atom is -0.479 e. The lowest BCUT2D eigenvalue weighted by molar-refractivity contribution is -0.127. The van der Waals surface area contributed by atoms with Crippen molar-refractivity contribution in [1.82, 2.24) is 10.6 Å². The molecule has 106 valence electrons. The van der Waals surface area contributed by atoms with Crippen LogP contribution < -0.4 is 15.4 Å². The first-order chi connectivity index (χ1) is 8.99. The van der Waals surface area contributed by atoms with Crippen molar-refractivity contribution in [3.8, 4) is 5.75 Å². The molecule has 0 spiro atoms. The molecule has 1 atom stereocenters. The normalized spacial score (nSPS) is 12.1. The number of likely N-dealkylation sites (N-methyl/N-ethyl adjacent to an activating group) is 1. The molecular formula is C13H18Cl2N2O2. The molecule has 4 nitrogen and oxygen atoms in total. The van der Waals surface area contributed by atoms with Crippen molar-refractivity contribution < 1.29 is 9.53 Å². The molecule has 6 heteroatoms. The number of halogens is 2. The summed E-state index contributed by atoms with van der Waals surface area (Å²) >= 11 is 12.1. The number of nitrogens with one attached hydrogen (secondary N) is 2. The van der Waals surface area contributed by atoms with Crippen molar-refractivity contribution in [3.63, 3.8) is 0 Å². The van der Waals surface area contributed by atoms with Gasteiger partial charge in [0.2, 0.25) is 0 Å². The minimum absolute atomic E-state index is 0.177. The Balaban J connectivity index is 2.95. The lowest BCUT2D eigenvalue weighted by Gasteiger charge is -2.18. The zero-order chi connectivity index (χ0) is 14.4. The van der Waals surface area contributed by atoms with E-state index in [-0.39, 0.29) is 5.91 Å². The van der Waals surface area contributed by atoms with Crippen LogP contribution in [0, 0.1) is 0 Å². The van der Waals surface area contributed by atoms with E-state index in [2.05, 4.69) is 10.6 Å². The summed E-state index contributed by atoms with van der Waals surface area (Å²) in [5.74, 6) is 0.308. The summed E-state index contributed by atoms with van der Waals surface area (Å²) < 4.78 is 5.66. The van der Waals surface area contributed by atoms with E-state index in [9.17, 15) is 4.79 Å². The molecule has 19 heavy (non-hydrogen) atoms. The molecular weight excluding hydrogens is 287 g/mol. The molecule has 1 amide bonds. The molecule has 0 radical (unpaired) electrons. The summed E-state index contributed by atoms with van der Waals surface area (Å²) in [6, 6.07) is 3.37. The Bertz CT molecular complexity index is 453.